The van der Waals surface area contributed by atoms with E-state index in [1.54, 1.807) is 7.05 Å². The van der Waals surface area contributed by atoms with Gasteiger partial charge in [0.2, 0.25) is 0 Å². The third-order valence-electron chi connectivity index (χ3n) is 3.67. The van der Waals surface area contributed by atoms with Gasteiger partial charge in [0.25, 0.3) is 0 Å². The van der Waals surface area contributed by atoms with Crippen LogP contribution in [-0.2, 0) is 4.74 Å². The molecule has 2 atom stereocenters. The minimum Gasteiger partial charge on any atom is -0.373 e. The fraction of sp³-hybridized carbons (Fsp3) is 0.917. The van der Waals surface area contributed by atoms with E-state index in [1.807, 2.05) is 7.05 Å². The lowest BCUT2D eigenvalue weighted by molar-refractivity contribution is -0.0719. The Kier molecular flexibility index (Phi) is 4.62. The molecule has 0 amide bonds. The zero-order chi connectivity index (χ0) is 12.1. The molecule has 2 N–H and O–H groups in total. The molecule has 2 unspecified atom stereocenters. The van der Waals surface area contributed by atoms with E-state index >= 15 is 0 Å². The lowest BCUT2D eigenvalue weighted by Crippen LogP contribution is -2.54. The Hall–Kier alpha value is -0.810. The van der Waals surface area contributed by atoms with Gasteiger partial charge in [0.05, 0.1) is 12.7 Å². The van der Waals surface area contributed by atoms with Crippen molar-refractivity contribution in [3.8, 4) is 0 Å². The highest BCUT2D eigenvalue weighted by atomic mass is 16.5. The smallest absolute Gasteiger partial charge is 0.190 e. The SMILES string of the molecule is CN=C(NC)NCC1CN2CCCCC2CO1. The van der Waals surface area contributed by atoms with Crippen molar-refractivity contribution in [3.05, 3.63) is 0 Å². The van der Waals surface area contributed by atoms with Crippen molar-refractivity contribution < 1.29 is 4.74 Å². The number of morpholine rings is 1. The highest BCUT2D eigenvalue weighted by Gasteiger charge is 2.30. The summed E-state index contributed by atoms with van der Waals surface area (Å²) in [7, 11) is 3.65. The van der Waals surface area contributed by atoms with Crippen LogP contribution in [0.4, 0.5) is 0 Å². The van der Waals surface area contributed by atoms with Crippen LogP contribution >= 0.6 is 0 Å². The monoisotopic (exact) mass is 240 g/mol. The fourth-order valence-corrected chi connectivity index (χ4v) is 2.66. The van der Waals surface area contributed by atoms with Crippen molar-refractivity contribution in [2.45, 2.75) is 31.4 Å². The Bertz CT molecular complexity index is 269. The molecule has 0 radical (unpaired) electrons. The third kappa shape index (κ3) is 3.33. The number of aliphatic imine (C=N–C) groups is 1. The minimum atomic E-state index is 0.287. The number of nitrogens with one attached hydrogen (secondary N) is 2. The van der Waals surface area contributed by atoms with Gasteiger partial charge in [0.1, 0.15) is 0 Å². The Labute approximate surface area is 104 Å². The number of hydrogen-bond donors (Lipinski definition) is 2. The van der Waals surface area contributed by atoms with Crippen LogP contribution in [0.1, 0.15) is 19.3 Å². The van der Waals surface area contributed by atoms with Crippen molar-refractivity contribution in [2.24, 2.45) is 4.99 Å². The van der Waals surface area contributed by atoms with E-state index in [4.69, 9.17) is 4.74 Å². The molecular weight excluding hydrogens is 216 g/mol. The van der Waals surface area contributed by atoms with Gasteiger partial charge in [-0.05, 0) is 19.4 Å². The molecule has 98 valence electrons. The molecule has 2 aliphatic rings. The number of piperidine rings is 1. The summed E-state index contributed by atoms with van der Waals surface area (Å²) < 4.78 is 5.90. The van der Waals surface area contributed by atoms with E-state index in [2.05, 4.69) is 20.5 Å². The predicted molar refractivity (Wildman–Crippen MR) is 69.4 cm³/mol. The van der Waals surface area contributed by atoms with Crippen LogP contribution in [0.15, 0.2) is 4.99 Å². The molecule has 2 saturated heterocycles. The molecule has 2 rings (SSSR count). The van der Waals surface area contributed by atoms with Crippen LogP contribution in [-0.4, -0.2) is 63.3 Å². The van der Waals surface area contributed by atoms with Crippen LogP contribution < -0.4 is 10.6 Å². The first-order valence-corrected chi connectivity index (χ1v) is 6.57. The van der Waals surface area contributed by atoms with E-state index in [0.29, 0.717) is 6.04 Å². The lowest BCUT2D eigenvalue weighted by Gasteiger charge is -2.42. The molecule has 0 aromatic carbocycles. The number of rotatable bonds is 2. The van der Waals surface area contributed by atoms with Crippen LogP contribution in [0.2, 0.25) is 0 Å². The topological polar surface area (TPSA) is 48.9 Å². The highest BCUT2D eigenvalue weighted by Crippen LogP contribution is 2.21. The van der Waals surface area contributed by atoms with Crippen molar-refractivity contribution in [3.63, 3.8) is 0 Å². The number of nitrogens with zero attached hydrogens (tertiary/aromatic N) is 2. The van der Waals surface area contributed by atoms with Gasteiger partial charge >= 0.3 is 0 Å². The van der Waals surface area contributed by atoms with Gasteiger partial charge < -0.3 is 15.4 Å². The highest BCUT2D eigenvalue weighted by molar-refractivity contribution is 5.79. The summed E-state index contributed by atoms with van der Waals surface area (Å²) >= 11 is 0. The molecule has 5 heteroatoms. The Morgan fingerprint density at radius 2 is 2.35 bits per heavy atom. The predicted octanol–water partition coefficient (Wildman–Crippen LogP) is 0.0345. The van der Waals surface area contributed by atoms with Gasteiger partial charge in [-0.25, -0.2) is 0 Å². The van der Waals surface area contributed by atoms with Crippen molar-refractivity contribution in [2.75, 3.05) is 40.3 Å². The van der Waals surface area contributed by atoms with E-state index < -0.39 is 0 Å². The largest absolute Gasteiger partial charge is 0.373 e. The third-order valence-corrected chi connectivity index (χ3v) is 3.67. The summed E-state index contributed by atoms with van der Waals surface area (Å²) in [6, 6.07) is 0.670. The maximum Gasteiger partial charge on any atom is 0.190 e. The molecule has 0 aliphatic carbocycles. The second-order valence-corrected chi connectivity index (χ2v) is 4.80. The van der Waals surface area contributed by atoms with E-state index in [0.717, 1.165) is 25.7 Å². The summed E-state index contributed by atoms with van der Waals surface area (Å²) in [6.45, 7) is 4.02. The molecule has 0 aromatic rings. The van der Waals surface area contributed by atoms with Crippen LogP contribution in [0.5, 0.6) is 0 Å². The van der Waals surface area contributed by atoms with Gasteiger partial charge in [0.15, 0.2) is 5.96 Å². The number of ether oxygens (including phenoxy) is 1. The zero-order valence-corrected chi connectivity index (χ0v) is 10.9. The van der Waals surface area contributed by atoms with Crippen molar-refractivity contribution >= 4 is 5.96 Å². The van der Waals surface area contributed by atoms with Gasteiger partial charge in [-0.3, -0.25) is 9.89 Å². The summed E-state index contributed by atoms with van der Waals surface area (Å²) in [5.74, 6) is 0.828. The van der Waals surface area contributed by atoms with Crippen LogP contribution in [0.25, 0.3) is 0 Å². The van der Waals surface area contributed by atoms with Gasteiger partial charge in [0, 0.05) is 33.2 Å². The van der Waals surface area contributed by atoms with E-state index in [9.17, 15) is 0 Å². The summed E-state index contributed by atoms with van der Waals surface area (Å²) in [5.41, 5.74) is 0. The Morgan fingerprint density at radius 3 is 3.12 bits per heavy atom. The first-order chi connectivity index (χ1) is 8.33. The second kappa shape index (κ2) is 6.21. The molecule has 0 spiro atoms. The molecule has 2 aliphatic heterocycles. The lowest BCUT2D eigenvalue weighted by atomic mass is 10.0. The van der Waals surface area contributed by atoms with Gasteiger partial charge in [-0.1, -0.05) is 6.42 Å². The normalized spacial score (nSPS) is 30.8. The number of hydrogen-bond acceptors (Lipinski definition) is 3. The van der Waals surface area contributed by atoms with E-state index in [-0.39, 0.29) is 6.10 Å². The number of fused-ring (bicyclic) bond motifs is 1. The Balaban J connectivity index is 1.76. The molecular formula is C12H24N4O. The molecule has 0 saturated carbocycles. The first kappa shape index (κ1) is 12.6. The average Bonchev–Trinajstić information content (AvgIpc) is 2.40. The number of guanidine groups is 1. The van der Waals surface area contributed by atoms with Crippen molar-refractivity contribution in [1.29, 1.82) is 0 Å². The van der Waals surface area contributed by atoms with Crippen molar-refractivity contribution in [1.82, 2.24) is 15.5 Å². The Morgan fingerprint density at radius 1 is 1.47 bits per heavy atom. The van der Waals surface area contributed by atoms with Crippen LogP contribution in [0, 0.1) is 0 Å². The molecule has 2 fully saturated rings. The minimum absolute atomic E-state index is 0.287. The second-order valence-electron chi connectivity index (χ2n) is 4.80. The summed E-state index contributed by atoms with van der Waals surface area (Å²) in [5, 5.41) is 6.29. The van der Waals surface area contributed by atoms with E-state index in [1.165, 1.54) is 25.8 Å². The van der Waals surface area contributed by atoms with Crippen LogP contribution in [0.3, 0.4) is 0 Å². The van der Waals surface area contributed by atoms with Gasteiger partial charge in [-0.15, -0.1) is 0 Å². The standard InChI is InChI=1S/C12H24N4O/c1-13-12(14-2)15-7-11-8-16-6-4-3-5-10(16)9-17-11/h10-11H,3-9H2,1-2H3,(H2,13,14,15). The van der Waals surface area contributed by atoms with Gasteiger partial charge in [-0.2, -0.15) is 0 Å². The summed E-state index contributed by atoms with van der Waals surface area (Å²) in [4.78, 5) is 6.68. The quantitative estimate of drug-likeness (QED) is 0.528. The first-order valence-electron chi connectivity index (χ1n) is 6.57. The zero-order valence-electron chi connectivity index (χ0n) is 10.9. The maximum atomic E-state index is 5.90. The summed E-state index contributed by atoms with van der Waals surface area (Å²) in [6.07, 6.45) is 4.29. The average molecular weight is 240 g/mol. The maximum absolute atomic E-state index is 5.90. The molecule has 0 bridgehead atoms. The molecule has 2 heterocycles. The molecule has 5 nitrogen and oxygen atoms in total. The fourth-order valence-electron chi connectivity index (χ4n) is 2.66. The molecule has 0 aromatic heterocycles. The molecule has 17 heavy (non-hydrogen) atoms.